The van der Waals surface area contributed by atoms with Gasteiger partial charge in [-0.1, -0.05) is 28.9 Å². The van der Waals surface area contributed by atoms with Gasteiger partial charge in [-0.25, -0.2) is 4.39 Å². The second-order valence-electron chi connectivity index (χ2n) is 3.66. The van der Waals surface area contributed by atoms with Gasteiger partial charge in [0, 0.05) is 21.8 Å². The topological polar surface area (TPSA) is 58.6 Å². The first-order chi connectivity index (χ1) is 8.63. The lowest BCUT2D eigenvalue weighted by atomic mass is 10.0. The molecule has 0 radical (unpaired) electrons. The second-order valence-corrected chi connectivity index (χ2v) is 4.10. The van der Waals surface area contributed by atoms with Crippen LogP contribution in [0.2, 0.25) is 5.02 Å². The van der Waals surface area contributed by atoms with E-state index in [0.29, 0.717) is 16.3 Å². The molecule has 0 atom stereocenters. The van der Waals surface area contributed by atoms with E-state index in [1.165, 1.54) is 18.2 Å². The summed E-state index contributed by atoms with van der Waals surface area (Å²) in [5.41, 5.74) is 6.73. The summed E-state index contributed by atoms with van der Waals surface area (Å²) < 4.78 is 13.7. The maximum atomic E-state index is 13.7. The highest BCUT2D eigenvalue weighted by Crippen LogP contribution is 2.22. The Labute approximate surface area is 108 Å². The Bertz CT molecular complexity index is 614. The van der Waals surface area contributed by atoms with Gasteiger partial charge in [0.25, 0.3) is 0 Å². The summed E-state index contributed by atoms with van der Waals surface area (Å²) in [6.07, 6.45) is 0. The first-order valence-electron chi connectivity index (χ1n) is 5.16. The fourth-order valence-electron chi connectivity index (χ4n) is 1.64. The van der Waals surface area contributed by atoms with Crippen molar-refractivity contribution >= 4 is 23.0 Å². The largest absolute Gasteiger partial charge is 0.410 e. The maximum absolute atomic E-state index is 13.7. The van der Waals surface area contributed by atoms with Crippen LogP contribution in [-0.4, -0.2) is 10.9 Å². The Morgan fingerprint density at radius 1 is 1.17 bits per heavy atom. The lowest BCUT2D eigenvalue weighted by molar-refractivity contribution is 0.319. The molecule has 0 saturated heterocycles. The number of rotatable bonds is 2. The van der Waals surface area contributed by atoms with E-state index in [1.807, 2.05) is 0 Å². The van der Waals surface area contributed by atoms with E-state index >= 15 is 0 Å². The zero-order chi connectivity index (χ0) is 13.1. The van der Waals surface area contributed by atoms with Gasteiger partial charge in [0.05, 0.1) is 0 Å². The Hall–Kier alpha value is -2.07. The van der Waals surface area contributed by atoms with E-state index in [9.17, 15) is 4.39 Å². The van der Waals surface area contributed by atoms with E-state index in [2.05, 4.69) is 5.16 Å². The zero-order valence-electron chi connectivity index (χ0n) is 9.27. The Morgan fingerprint density at radius 2 is 1.89 bits per heavy atom. The van der Waals surface area contributed by atoms with Crippen molar-refractivity contribution in [2.24, 2.45) is 5.16 Å². The molecule has 0 heterocycles. The number of oxime groups is 1. The Morgan fingerprint density at radius 3 is 2.56 bits per heavy atom. The summed E-state index contributed by atoms with van der Waals surface area (Å²) in [7, 11) is 0. The average Bonchev–Trinajstić information content (AvgIpc) is 2.36. The Balaban J connectivity index is 2.60. The van der Waals surface area contributed by atoms with Crippen LogP contribution in [0, 0.1) is 5.82 Å². The molecule has 0 amide bonds. The third-order valence-corrected chi connectivity index (χ3v) is 2.73. The van der Waals surface area contributed by atoms with Crippen molar-refractivity contribution in [3.63, 3.8) is 0 Å². The van der Waals surface area contributed by atoms with Gasteiger partial charge < -0.3 is 10.9 Å². The number of hydrogen-bond donors (Lipinski definition) is 2. The highest BCUT2D eigenvalue weighted by molar-refractivity contribution is 6.31. The molecule has 92 valence electrons. The molecule has 18 heavy (non-hydrogen) atoms. The highest BCUT2D eigenvalue weighted by Gasteiger charge is 2.15. The van der Waals surface area contributed by atoms with E-state index in [0.717, 1.165) is 0 Å². The second kappa shape index (κ2) is 5.06. The van der Waals surface area contributed by atoms with Crippen LogP contribution in [0.5, 0.6) is 0 Å². The van der Waals surface area contributed by atoms with Crippen LogP contribution in [0.25, 0.3) is 0 Å². The number of nitrogen functional groups attached to an aromatic ring is 1. The number of benzene rings is 2. The molecule has 0 fully saturated rings. The van der Waals surface area contributed by atoms with Gasteiger partial charge >= 0.3 is 0 Å². The van der Waals surface area contributed by atoms with Crippen LogP contribution in [0.1, 0.15) is 11.1 Å². The lowest BCUT2D eigenvalue weighted by Crippen LogP contribution is -2.09. The number of hydrogen-bond acceptors (Lipinski definition) is 3. The van der Waals surface area contributed by atoms with Gasteiger partial charge in [0.2, 0.25) is 0 Å². The SMILES string of the molecule is Nc1ccc(Cl)cc1/C(=N/O)c1ccccc1F. The maximum Gasteiger partial charge on any atom is 0.132 e. The van der Waals surface area contributed by atoms with Gasteiger partial charge in [0.15, 0.2) is 0 Å². The molecule has 5 heteroatoms. The quantitative estimate of drug-likeness (QED) is 0.378. The number of halogens is 2. The minimum absolute atomic E-state index is 0.0492. The van der Waals surface area contributed by atoms with Crippen molar-refractivity contribution in [3.05, 3.63) is 64.4 Å². The molecular formula is C13H10ClFN2O. The van der Waals surface area contributed by atoms with Crippen molar-refractivity contribution < 1.29 is 9.60 Å². The fourth-order valence-corrected chi connectivity index (χ4v) is 1.81. The monoisotopic (exact) mass is 264 g/mol. The summed E-state index contributed by atoms with van der Waals surface area (Å²) in [5, 5.41) is 12.7. The van der Waals surface area contributed by atoms with Crippen LogP contribution in [0.4, 0.5) is 10.1 Å². The van der Waals surface area contributed by atoms with Crippen LogP contribution < -0.4 is 5.73 Å². The molecule has 0 unspecified atom stereocenters. The molecule has 0 bridgehead atoms. The minimum atomic E-state index is -0.496. The third-order valence-electron chi connectivity index (χ3n) is 2.50. The van der Waals surface area contributed by atoms with Gasteiger partial charge in [-0.15, -0.1) is 0 Å². The molecule has 0 aliphatic rings. The molecule has 2 rings (SSSR count). The number of nitrogens with zero attached hydrogens (tertiary/aromatic N) is 1. The summed E-state index contributed by atoms with van der Waals surface area (Å²) in [4.78, 5) is 0. The van der Waals surface area contributed by atoms with Gasteiger partial charge in [-0.05, 0) is 30.3 Å². The smallest absolute Gasteiger partial charge is 0.132 e. The Kier molecular flexibility index (Phi) is 3.48. The summed E-state index contributed by atoms with van der Waals surface area (Å²) >= 11 is 5.86. The molecule has 0 aliphatic carbocycles. The van der Waals surface area contributed by atoms with Crippen molar-refractivity contribution in [1.29, 1.82) is 0 Å². The molecule has 0 saturated carbocycles. The highest BCUT2D eigenvalue weighted by atomic mass is 35.5. The molecule has 3 nitrogen and oxygen atoms in total. The number of nitrogens with two attached hydrogens (primary N) is 1. The summed E-state index contributed by atoms with van der Waals surface area (Å²) in [5.74, 6) is -0.496. The average molecular weight is 265 g/mol. The predicted molar refractivity (Wildman–Crippen MR) is 69.7 cm³/mol. The van der Waals surface area contributed by atoms with Crippen LogP contribution >= 0.6 is 11.6 Å². The zero-order valence-corrected chi connectivity index (χ0v) is 10.0. The molecule has 0 aromatic heterocycles. The minimum Gasteiger partial charge on any atom is -0.410 e. The molecule has 0 spiro atoms. The standard InChI is InChI=1S/C13H10ClFN2O/c14-8-5-6-12(16)10(7-8)13(17-18)9-3-1-2-4-11(9)15/h1-7,18H,16H2/b17-13+. The molecule has 2 aromatic carbocycles. The third kappa shape index (κ3) is 2.28. The normalized spacial score (nSPS) is 11.6. The first-order valence-corrected chi connectivity index (χ1v) is 5.53. The van der Waals surface area contributed by atoms with Gasteiger partial charge in [0.1, 0.15) is 11.5 Å². The van der Waals surface area contributed by atoms with Crippen molar-refractivity contribution in [2.75, 3.05) is 5.73 Å². The molecule has 2 aromatic rings. The van der Waals surface area contributed by atoms with Gasteiger partial charge in [-0.2, -0.15) is 0 Å². The number of anilines is 1. The summed E-state index contributed by atoms with van der Waals surface area (Å²) in [6.45, 7) is 0. The van der Waals surface area contributed by atoms with E-state index < -0.39 is 5.82 Å². The lowest BCUT2D eigenvalue weighted by Gasteiger charge is -2.09. The van der Waals surface area contributed by atoms with Crippen LogP contribution in [0.3, 0.4) is 0 Å². The molecule has 3 N–H and O–H groups in total. The van der Waals surface area contributed by atoms with E-state index in [-0.39, 0.29) is 11.3 Å². The predicted octanol–water partition coefficient (Wildman–Crippen LogP) is 3.29. The summed E-state index contributed by atoms with van der Waals surface area (Å²) in [6, 6.07) is 10.7. The fraction of sp³-hybridized carbons (Fsp3) is 0. The van der Waals surface area contributed by atoms with Gasteiger partial charge in [-0.3, -0.25) is 0 Å². The van der Waals surface area contributed by atoms with Crippen molar-refractivity contribution in [1.82, 2.24) is 0 Å². The first kappa shape index (κ1) is 12.4. The van der Waals surface area contributed by atoms with E-state index in [4.69, 9.17) is 22.5 Å². The van der Waals surface area contributed by atoms with Crippen LogP contribution in [-0.2, 0) is 0 Å². The molecular weight excluding hydrogens is 255 g/mol. The van der Waals surface area contributed by atoms with Crippen molar-refractivity contribution in [2.45, 2.75) is 0 Å². The van der Waals surface area contributed by atoms with E-state index in [1.54, 1.807) is 24.3 Å². The van der Waals surface area contributed by atoms with Crippen molar-refractivity contribution in [3.8, 4) is 0 Å². The molecule has 0 aliphatic heterocycles. The van der Waals surface area contributed by atoms with Crippen LogP contribution in [0.15, 0.2) is 47.6 Å².